The van der Waals surface area contributed by atoms with Gasteiger partial charge in [0.2, 0.25) is 5.43 Å². The summed E-state index contributed by atoms with van der Waals surface area (Å²) in [5.41, 5.74) is 4.38. The fourth-order valence-corrected chi connectivity index (χ4v) is 5.20. The summed E-state index contributed by atoms with van der Waals surface area (Å²) in [6.07, 6.45) is 2.54. The third-order valence-electron chi connectivity index (χ3n) is 5.44. The van der Waals surface area contributed by atoms with E-state index < -0.39 is 5.91 Å². The van der Waals surface area contributed by atoms with E-state index in [4.69, 9.17) is 0 Å². The Kier molecular flexibility index (Phi) is 4.60. The Morgan fingerprint density at radius 3 is 2.90 bits per heavy atom. The van der Waals surface area contributed by atoms with Gasteiger partial charge in [0.05, 0.1) is 16.2 Å². The van der Waals surface area contributed by atoms with E-state index in [9.17, 15) is 9.59 Å². The number of hydrogen-bond donors (Lipinski definition) is 1. The quantitative estimate of drug-likeness (QED) is 0.417. The number of benzene rings is 2. The average molecular weight is 480 g/mol. The first-order chi connectivity index (χ1) is 14.4. The second kappa shape index (κ2) is 7.18. The fraction of sp³-hybridized carbons (Fsp3) is 0.174. The lowest BCUT2D eigenvalue weighted by molar-refractivity contribution is 0.102. The molecule has 3 heterocycles. The number of hydrogen-bond acceptors (Lipinski definition) is 4. The first kappa shape index (κ1) is 19.2. The number of pyridine rings is 1. The van der Waals surface area contributed by atoms with Crippen LogP contribution in [0.1, 0.15) is 33.9 Å². The molecule has 1 N–H and O–H groups in total. The van der Waals surface area contributed by atoms with Crippen LogP contribution in [0.25, 0.3) is 22.2 Å². The van der Waals surface area contributed by atoms with E-state index in [-0.39, 0.29) is 17.0 Å². The number of thiazole rings is 1. The normalized spacial score (nSPS) is 15.0. The van der Waals surface area contributed by atoms with Crippen LogP contribution in [0.4, 0.5) is 5.69 Å². The fourth-order valence-electron chi connectivity index (χ4n) is 4.07. The molecule has 0 bridgehead atoms. The van der Waals surface area contributed by atoms with Crippen LogP contribution in [0, 0.1) is 6.92 Å². The van der Waals surface area contributed by atoms with E-state index in [1.807, 2.05) is 47.2 Å². The van der Waals surface area contributed by atoms with Crippen LogP contribution in [-0.4, -0.2) is 15.5 Å². The molecule has 0 saturated carbocycles. The predicted molar refractivity (Wildman–Crippen MR) is 125 cm³/mol. The van der Waals surface area contributed by atoms with Gasteiger partial charge in [0.15, 0.2) is 0 Å². The van der Waals surface area contributed by atoms with Crippen molar-refractivity contribution >= 4 is 49.8 Å². The average Bonchev–Trinajstić information content (AvgIpc) is 3.27. The van der Waals surface area contributed by atoms with Crippen LogP contribution < -0.4 is 10.7 Å². The molecule has 0 fully saturated rings. The molecule has 7 heteroatoms. The third kappa shape index (κ3) is 3.18. The zero-order valence-corrected chi connectivity index (χ0v) is 18.8. The molecule has 2 aromatic heterocycles. The third-order valence-corrected chi connectivity index (χ3v) is 6.67. The molecule has 1 atom stereocenters. The maximum absolute atomic E-state index is 13.1. The molecular formula is C23H18BrN3O2S. The van der Waals surface area contributed by atoms with Crippen molar-refractivity contribution in [1.82, 2.24) is 9.55 Å². The molecule has 0 radical (unpaired) electrons. The summed E-state index contributed by atoms with van der Waals surface area (Å²) in [6, 6.07) is 11.6. The highest BCUT2D eigenvalue weighted by Crippen LogP contribution is 2.33. The molecule has 1 amide bonds. The van der Waals surface area contributed by atoms with Gasteiger partial charge in [-0.3, -0.25) is 9.59 Å². The standard InChI is InChI=1S/C23H18BrN3O2S/c1-12-6-15-7-16(24)9-18-21(15)27(12)10-19(22(18)28)23(29)26-17-5-3-4-14(8-17)20-11-30-13(2)25-20/h3-5,7-12H,6H2,1-2H3,(H,26,29)/t12-/m1/s1. The van der Waals surface area contributed by atoms with Gasteiger partial charge in [-0.1, -0.05) is 28.1 Å². The van der Waals surface area contributed by atoms with Gasteiger partial charge in [0.25, 0.3) is 5.91 Å². The summed E-state index contributed by atoms with van der Waals surface area (Å²) in [7, 11) is 0. The van der Waals surface area contributed by atoms with E-state index in [0.717, 1.165) is 38.2 Å². The van der Waals surface area contributed by atoms with Crippen molar-refractivity contribution in [1.29, 1.82) is 0 Å². The Balaban J connectivity index is 1.54. The minimum Gasteiger partial charge on any atom is -0.343 e. The van der Waals surface area contributed by atoms with E-state index in [2.05, 4.69) is 33.2 Å². The van der Waals surface area contributed by atoms with E-state index >= 15 is 0 Å². The molecule has 0 unspecified atom stereocenters. The highest BCUT2D eigenvalue weighted by molar-refractivity contribution is 9.10. The van der Waals surface area contributed by atoms with Crippen LogP contribution in [0.15, 0.2) is 57.2 Å². The number of rotatable bonds is 3. The highest BCUT2D eigenvalue weighted by Gasteiger charge is 2.25. The summed E-state index contributed by atoms with van der Waals surface area (Å²) in [5.74, 6) is -0.405. The summed E-state index contributed by atoms with van der Waals surface area (Å²) in [6.45, 7) is 4.06. The van der Waals surface area contributed by atoms with E-state index in [0.29, 0.717) is 11.1 Å². The SMILES string of the molecule is Cc1nc(-c2cccc(NC(=O)c3cn4c5c(cc(Br)cc5c3=O)C[C@H]4C)c2)cs1. The Labute approximate surface area is 185 Å². The lowest BCUT2D eigenvalue weighted by Gasteiger charge is -2.13. The minimum absolute atomic E-state index is 0.148. The van der Waals surface area contributed by atoms with Gasteiger partial charge in [-0.2, -0.15) is 0 Å². The lowest BCUT2D eigenvalue weighted by Crippen LogP contribution is -2.23. The van der Waals surface area contributed by atoms with Gasteiger partial charge in [-0.05, 0) is 50.1 Å². The molecule has 5 rings (SSSR count). The van der Waals surface area contributed by atoms with Crippen LogP contribution >= 0.6 is 27.3 Å². The smallest absolute Gasteiger partial charge is 0.261 e. The Hall–Kier alpha value is -2.77. The first-order valence-electron chi connectivity index (χ1n) is 9.62. The number of carbonyl (C=O) groups excluding carboxylic acids is 1. The molecule has 5 nitrogen and oxygen atoms in total. The summed E-state index contributed by atoms with van der Waals surface area (Å²) in [4.78, 5) is 30.7. The number of nitrogens with zero attached hydrogens (tertiary/aromatic N) is 2. The van der Waals surface area contributed by atoms with Crippen molar-refractivity contribution in [2.24, 2.45) is 0 Å². The van der Waals surface area contributed by atoms with Crippen molar-refractivity contribution in [2.75, 3.05) is 5.32 Å². The van der Waals surface area contributed by atoms with Gasteiger partial charge < -0.3 is 9.88 Å². The molecule has 0 aliphatic carbocycles. The van der Waals surface area contributed by atoms with Crippen LogP contribution in [0.2, 0.25) is 0 Å². The van der Waals surface area contributed by atoms with E-state index in [1.165, 1.54) is 0 Å². The summed E-state index contributed by atoms with van der Waals surface area (Å²) >= 11 is 5.08. The van der Waals surface area contributed by atoms with Crippen molar-refractivity contribution in [3.05, 3.63) is 78.8 Å². The predicted octanol–water partition coefficient (Wildman–Crippen LogP) is 5.57. The number of halogens is 1. The number of aryl methyl sites for hydroxylation is 1. The van der Waals surface area contributed by atoms with Crippen molar-refractivity contribution in [3.63, 3.8) is 0 Å². The molecule has 1 aliphatic rings. The highest BCUT2D eigenvalue weighted by atomic mass is 79.9. The maximum Gasteiger partial charge on any atom is 0.261 e. The molecule has 2 aromatic carbocycles. The maximum atomic E-state index is 13.1. The monoisotopic (exact) mass is 479 g/mol. The second-order valence-corrected chi connectivity index (χ2v) is 9.56. The number of aromatic nitrogens is 2. The lowest BCUT2D eigenvalue weighted by atomic mass is 10.1. The second-order valence-electron chi connectivity index (χ2n) is 7.58. The molecular weight excluding hydrogens is 462 g/mol. The minimum atomic E-state index is -0.405. The van der Waals surface area contributed by atoms with Crippen LogP contribution in [0.5, 0.6) is 0 Å². The van der Waals surface area contributed by atoms with Gasteiger partial charge in [0, 0.05) is 38.7 Å². The molecule has 4 aromatic rings. The van der Waals surface area contributed by atoms with Crippen molar-refractivity contribution < 1.29 is 4.79 Å². The Bertz CT molecular complexity index is 1390. The Morgan fingerprint density at radius 1 is 1.30 bits per heavy atom. The number of carbonyl (C=O) groups is 1. The van der Waals surface area contributed by atoms with Gasteiger partial charge >= 0.3 is 0 Å². The number of amides is 1. The molecule has 1 aliphatic heterocycles. The van der Waals surface area contributed by atoms with Crippen LogP contribution in [-0.2, 0) is 6.42 Å². The number of nitrogens with one attached hydrogen (secondary N) is 1. The molecule has 30 heavy (non-hydrogen) atoms. The van der Waals surface area contributed by atoms with Gasteiger partial charge in [-0.25, -0.2) is 4.98 Å². The summed E-state index contributed by atoms with van der Waals surface area (Å²) < 4.78 is 2.90. The summed E-state index contributed by atoms with van der Waals surface area (Å²) in [5, 5.41) is 6.44. The van der Waals surface area contributed by atoms with E-state index in [1.54, 1.807) is 23.6 Å². The Morgan fingerprint density at radius 2 is 2.13 bits per heavy atom. The molecule has 0 spiro atoms. The van der Waals surface area contributed by atoms with Gasteiger partial charge in [0.1, 0.15) is 5.56 Å². The van der Waals surface area contributed by atoms with Crippen LogP contribution in [0.3, 0.4) is 0 Å². The largest absolute Gasteiger partial charge is 0.343 e. The number of anilines is 1. The molecule has 0 saturated heterocycles. The van der Waals surface area contributed by atoms with Crippen molar-refractivity contribution in [3.8, 4) is 11.3 Å². The first-order valence-corrected chi connectivity index (χ1v) is 11.3. The van der Waals surface area contributed by atoms with Crippen molar-refractivity contribution in [2.45, 2.75) is 26.3 Å². The van der Waals surface area contributed by atoms with Gasteiger partial charge in [-0.15, -0.1) is 11.3 Å². The topological polar surface area (TPSA) is 64.0 Å². The zero-order chi connectivity index (χ0) is 21.0. The molecule has 150 valence electrons. The zero-order valence-electron chi connectivity index (χ0n) is 16.4.